The topological polar surface area (TPSA) is 105 Å². The molecule has 0 aliphatic carbocycles. The van der Waals surface area contributed by atoms with Crippen molar-refractivity contribution in [3.63, 3.8) is 0 Å². The van der Waals surface area contributed by atoms with Gasteiger partial charge in [-0.2, -0.15) is 0 Å². The van der Waals surface area contributed by atoms with Crippen molar-refractivity contribution in [1.29, 1.82) is 0 Å². The Morgan fingerprint density at radius 1 is 1.10 bits per heavy atom. The van der Waals surface area contributed by atoms with Crippen LogP contribution in [0.25, 0.3) is 0 Å². The molecule has 0 heterocycles. The molecule has 0 aliphatic rings. The van der Waals surface area contributed by atoms with Crippen LogP contribution in [0, 0.1) is 0 Å². The molecule has 7 nitrogen and oxygen atoms in total. The van der Waals surface area contributed by atoms with Crippen LogP contribution in [0.15, 0.2) is 12.1 Å². The monoisotopic (exact) mass is 297 g/mol. The van der Waals surface area contributed by atoms with E-state index >= 15 is 0 Å². The van der Waals surface area contributed by atoms with E-state index < -0.39 is 11.9 Å². The molecular weight excluding hydrogens is 278 g/mol. The van der Waals surface area contributed by atoms with Crippen LogP contribution in [0.1, 0.15) is 18.4 Å². The van der Waals surface area contributed by atoms with Crippen molar-refractivity contribution in [3.8, 4) is 11.5 Å². The van der Waals surface area contributed by atoms with Crippen LogP contribution in [-0.2, 0) is 16.0 Å². The minimum absolute atomic E-state index is 0.0350. The maximum Gasteiger partial charge on any atom is 0.305 e. The molecule has 0 unspecified atom stereocenters. The summed E-state index contributed by atoms with van der Waals surface area (Å²) in [5.74, 6) is -0.868. The Morgan fingerprint density at radius 3 is 2.29 bits per heavy atom. The summed E-state index contributed by atoms with van der Waals surface area (Å²) >= 11 is 0. The number of hydrogen-bond acceptors (Lipinski definition) is 5. The highest BCUT2D eigenvalue weighted by Crippen LogP contribution is 2.36. The Hall–Kier alpha value is -2.44. The second-order valence-corrected chi connectivity index (χ2v) is 4.29. The van der Waals surface area contributed by atoms with Crippen LogP contribution in [0.3, 0.4) is 0 Å². The second-order valence-electron chi connectivity index (χ2n) is 4.29. The number of carbonyl (C=O) groups is 2. The van der Waals surface area contributed by atoms with Gasteiger partial charge in [-0.05, 0) is 18.6 Å². The minimum atomic E-state index is -0.920. The van der Waals surface area contributed by atoms with Gasteiger partial charge >= 0.3 is 11.9 Å². The summed E-state index contributed by atoms with van der Waals surface area (Å²) in [5.41, 5.74) is 1.31. The normalized spacial score (nSPS) is 10.0. The van der Waals surface area contributed by atoms with Crippen molar-refractivity contribution in [1.82, 2.24) is 0 Å². The van der Waals surface area contributed by atoms with E-state index in [1.807, 2.05) is 0 Å². The van der Waals surface area contributed by atoms with Crippen LogP contribution >= 0.6 is 0 Å². The Kier molecular flexibility index (Phi) is 6.32. The van der Waals surface area contributed by atoms with Gasteiger partial charge in [0.15, 0.2) is 11.5 Å². The van der Waals surface area contributed by atoms with Crippen LogP contribution in [-0.4, -0.2) is 42.9 Å². The van der Waals surface area contributed by atoms with Gasteiger partial charge in [-0.1, -0.05) is 0 Å². The molecule has 1 rings (SSSR count). The van der Waals surface area contributed by atoms with Crippen molar-refractivity contribution in [2.45, 2.75) is 19.3 Å². The van der Waals surface area contributed by atoms with E-state index in [9.17, 15) is 9.59 Å². The van der Waals surface area contributed by atoms with Gasteiger partial charge < -0.3 is 25.0 Å². The van der Waals surface area contributed by atoms with E-state index in [0.717, 1.165) is 0 Å². The molecule has 0 aromatic heterocycles. The van der Waals surface area contributed by atoms with Crippen molar-refractivity contribution in [2.75, 3.05) is 26.1 Å². The number of rotatable bonds is 9. The first-order valence-corrected chi connectivity index (χ1v) is 6.41. The summed E-state index contributed by atoms with van der Waals surface area (Å²) in [5, 5.41) is 20.5. The highest BCUT2D eigenvalue weighted by atomic mass is 16.5. The van der Waals surface area contributed by atoms with Crippen LogP contribution in [0.2, 0.25) is 0 Å². The first-order valence-electron chi connectivity index (χ1n) is 6.41. The molecule has 1 aromatic rings. The number of hydrogen-bond donors (Lipinski definition) is 3. The number of aliphatic carboxylic acids is 2. The maximum absolute atomic E-state index is 10.8. The van der Waals surface area contributed by atoms with Gasteiger partial charge in [0.05, 0.1) is 20.6 Å². The number of carboxylic acids is 2. The molecule has 1 aromatic carbocycles. The molecule has 0 aliphatic heterocycles. The van der Waals surface area contributed by atoms with E-state index in [-0.39, 0.29) is 25.8 Å². The highest BCUT2D eigenvalue weighted by Gasteiger charge is 2.16. The standard InChI is InChI=1S/C14H19NO6/c1-20-11-5-4-10(15-8-7-13(18)19)9(14(11)21-2)3-6-12(16)17/h4-5,15H,3,6-8H2,1-2H3,(H,16,17)(H,18,19). The van der Waals surface area contributed by atoms with Crippen molar-refractivity contribution < 1.29 is 29.3 Å². The summed E-state index contributed by atoms with van der Waals surface area (Å²) in [6.45, 7) is 0.241. The molecule has 0 bridgehead atoms. The minimum Gasteiger partial charge on any atom is -0.493 e. The van der Waals surface area contributed by atoms with Gasteiger partial charge in [0.1, 0.15) is 0 Å². The van der Waals surface area contributed by atoms with E-state index in [1.165, 1.54) is 14.2 Å². The van der Waals surface area contributed by atoms with Gasteiger partial charge in [0.2, 0.25) is 0 Å². The third-order valence-electron chi connectivity index (χ3n) is 2.89. The van der Waals surface area contributed by atoms with E-state index in [2.05, 4.69) is 5.32 Å². The number of methoxy groups -OCH3 is 2. The SMILES string of the molecule is COc1ccc(NCCC(=O)O)c(CCC(=O)O)c1OC. The summed E-state index contributed by atoms with van der Waals surface area (Å²) in [6.07, 6.45) is 0.162. The molecule has 0 saturated carbocycles. The average Bonchev–Trinajstić information content (AvgIpc) is 2.44. The van der Waals surface area contributed by atoms with Gasteiger partial charge in [0, 0.05) is 24.2 Å². The fourth-order valence-corrected chi connectivity index (χ4v) is 1.94. The maximum atomic E-state index is 10.8. The lowest BCUT2D eigenvalue weighted by atomic mass is 10.0. The largest absolute Gasteiger partial charge is 0.493 e. The van der Waals surface area contributed by atoms with Gasteiger partial charge in [-0.25, -0.2) is 0 Å². The molecule has 3 N–H and O–H groups in total. The first-order chi connectivity index (χ1) is 9.99. The number of ether oxygens (including phenoxy) is 2. The van der Waals surface area contributed by atoms with Gasteiger partial charge in [-0.15, -0.1) is 0 Å². The first kappa shape index (κ1) is 16.6. The smallest absolute Gasteiger partial charge is 0.305 e. The zero-order valence-corrected chi connectivity index (χ0v) is 12.0. The van der Waals surface area contributed by atoms with E-state index in [1.54, 1.807) is 12.1 Å². The molecule has 0 amide bonds. The molecule has 0 radical (unpaired) electrons. The molecule has 0 spiro atoms. The molecule has 0 atom stereocenters. The lowest BCUT2D eigenvalue weighted by Gasteiger charge is -2.17. The number of nitrogens with one attached hydrogen (secondary N) is 1. The van der Waals surface area contributed by atoms with E-state index in [4.69, 9.17) is 19.7 Å². The molecule has 7 heteroatoms. The Labute approximate surface area is 122 Å². The predicted octanol–water partition coefficient (Wildman–Crippen LogP) is 1.61. The van der Waals surface area contributed by atoms with Crippen molar-refractivity contribution in [3.05, 3.63) is 17.7 Å². The Morgan fingerprint density at radius 2 is 1.76 bits per heavy atom. The fraction of sp³-hybridized carbons (Fsp3) is 0.429. The lowest BCUT2D eigenvalue weighted by molar-refractivity contribution is -0.137. The van der Waals surface area contributed by atoms with Crippen molar-refractivity contribution in [2.24, 2.45) is 0 Å². The lowest BCUT2D eigenvalue weighted by Crippen LogP contribution is -2.11. The molecule has 0 saturated heterocycles. The average molecular weight is 297 g/mol. The molecule has 116 valence electrons. The zero-order chi connectivity index (χ0) is 15.8. The van der Waals surface area contributed by atoms with Crippen molar-refractivity contribution >= 4 is 17.6 Å². The molecular formula is C14H19NO6. The number of carboxylic acid groups (broad SMARTS) is 2. The molecule has 21 heavy (non-hydrogen) atoms. The van der Waals surface area contributed by atoms with Crippen LogP contribution < -0.4 is 14.8 Å². The quantitative estimate of drug-likeness (QED) is 0.636. The number of anilines is 1. The number of benzene rings is 1. The highest BCUT2D eigenvalue weighted by molar-refractivity contribution is 5.70. The summed E-state index contributed by atoms with van der Waals surface area (Å²) in [6, 6.07) is 3.41. The summed E-state index contributed by atoms with van der Waals surface area (Å²) < 4.78 is 10.5. The van der Waals surface area contributed by atoms with E-state index in [0.29, 0.717) is 22.7 Å². The summed E-state index contributed by atoms with van der Waals surface area (Å²) in [4.78, 5) is 21.3. The zero-order valence-electron chi connectivity index (χ0n) is 12.0. The van der Waals surface area contributed by atoms with Gasteiger partial charge in [-0.3, -0.25) is 9.59 Å². The molecule has 0 fully saturated rings. The fourth-order valence-electron chi connectivity index (χ4n) is 1.94. The third kappa shape index (κ3) is 4.87. The van der Waals surface area contributed by atoms with Crippen LogP contribution in [0.4, 0.5) is 5.69 Å². The predicted molar refractivity (Wildman–Crippen MR) is 76.2 cm³/mol. The third-order valence-corrected chi connectivity index (χ3v) is 2.89. The Balaban J connectivity index is 3.03. The summed E-state index contributed by atoms with van der Waals surface area (Å²) in [7, 11) is 2.97. The Bertz CT molecular complexity index is 514. The van der Waals surface area contributed by atoms with Crippen LogP contribution in [0.5, 0.6) is 11.5 Å². The second kappa shape index (κ2) is 7.98. The van der Waals surface area contributed by atoms with Gasteiger partial charge in [0.25, 0.3) is 0 Å².